The molecule has 0 bridgehead atoms. The third kappa shape index (κ3) is 6.84. The number of carbonyl (C=O) groups excluding carboxylic acids is 1. The van der Waals surface area contributed by atoms with Crippen LogP contribution in [0.25, 0.3) is 0 Å². The monoisotopic (exact) mass is 208 g/mol. The molecule has 13 heavy (non-hydrogen) atoms. The molecule has 0 spiro atoms. The van der Waals surface area contributed by atoms with Crippen LogP contribution in [0.4, 0.5) is 0 Å². The van der Waals surface area contributed by atoms with Crippen LogP contribution in [-0.2, 0) is 9.53 Å². The van der Waals surface area contributed by atoms with E-state index in [1.807, 2.05) is 28.1 Å². The molecule has 0 aliphatic heterocycles. The highest BCUT2D eigenvalue weighted by Gasteiger charge is 2.15. The fourth-order valence-electron chi connectivity index (χ4n) is 0.677. The quantitative estimate of drug-likeness (QED) is 0.386. The number of esters is 1. The Kier molecular flexibility index (Phi) is 5.33. The number of alkyl halides is 1. The Morgan fingerprint density at radius 2 is 2.00 bits per heavy atom. The second-order valence-electron chi connectivity index (χ2n) is 4.06. The molecule has 78 valence electrons. The van der Waals surface area contributed by atoms with Crippen LogP contribution in [0, 0.1) is 0 Å². The first-order valence-electron chi connectivity index (χ1n) is 4.48. The fourth-order valence-corrected chi connectivity index (χ4v) is 0.740. The molecular formula is C9H19ClNO2+. The summed E-state index contributed by atoms with van der Waals surface area (Å²) >= 11 is 5.69. The van der Waals surface area contributed by atoms with Crippen molar-refractivity contribution in [3.63, 3.8) is 0 Å². The highest BCUT2D eigenvalue weighted by molar-refractivity contribution is 6.29. The van der Waals surface area contributed by atoms with Crippen LogP contribution in [0.5, 0.6) is 0 Å². The summed E-state index contributed by atoms with van der Waals surface area (Å²) in [5, 5.41) is -0.493. The SMILES string of the molecule is CCC(Cl)C(=O)OCC[N+](C)(C)C. The number of hydrogen-bond acceptors (Lipinski definition) is 2. The molecule has 0 rings (SSSR count). The van der Waals surface area contributed by atoms with Crippen LogP contribution in [0.2, 0.25) is 0 Å². The standard InChI is InChI=1S/C9H19ClNO2/c1-5-8(10)9(12)13-7-6-11(2,3)4/h8H,5-7H2,1-4H3/q+1. The minimum atomic E-state index is -0.493. The zero-order valence-electron chi connectivity index (χ0n) is 8.84. The Labute approximate surface area is 85.2 Å². The van der Waals surface area contributed by atoms with Gasteiger partial charge in [-0.1, -0.05) is 6.92 Å². The predicted molar refractivity (Wildman–Crippen MR) is 53.8 cm³/mol. The molecule has 0 radical (unpaired) electrons. The van der Waals surface area contributed by atoms with Gasteiger partial charge in [0.25, 0.3) is 0 Å². The van der Waals surface area contributed by atoms with Gasteiger partial charge in [0.1, 0.15) is 18.5 Å². The van der Waals surface area contributed by atoms with Crippen molar-refractivity contribution < 1.29 is 14.0 Å². The molecule has 0 aromatic carbocycles. The van der Waals surface area contributed by atoms with Gasteiger partial charge in [-0.05, 0) is 6.42 Å². The number of ether oxygens (including phenoxy) is 1. The highest BCUT2D eigenvalue weighted by atomic mass is 35.5. The molecule has 1 atom stereocenters. The highest BCUT2D eigenvalue weighted by Crippen LogP contribution is 2.03. The first-order valence-corrected chi connectivity index (χ1v) is 4.91. The summed E-state index contributed by atoms with van der Waals surface area (Å²) in [4.78, 5) is 11.1. The molecule has 0 fully saturated rings. The summed E-state index contributed by atoms with van der Waals surface area (Å²) in [6.45, 7) is 3.10. The lowest BCUT2D eigenvalue weighted by Gasteiger charge is -2.23. The maximum absolute atomic E-state index is 11.1. The van der Waals surface area contributed by atoms with Gasteiger partial charge in [-0.3, -0.25) is 4.79 Å². The Morgan fingerprint density at radius 1 is 1.46 bits per heavy atom. The Hall–Kier alpha value is -0.280. The number of likely N-dealkylation sites (N-methyl/N-ethyl adjacent to an activating group) is 1. The van der Waals surface area contributed by atoms with Gasteiger partial charge in [-0.25, -0.2) is 0 Å². The van der Waals surface area contributed by atoms with Gasteiger partial charge in [0.15, 0.2) is 0 Å². The molecule has 0 aromatic rings. The lowest BCUT2D eigenvalue weighted by molar-refractivity contribution is -0.870. The fraction of sp³-hybridized carbons (Fsp3) is 0.889. The minimum absolute atomic E-state index is 0.308. The Balaban J connectivity index is 3.60. The average molecular weight is 209 g/mol. The summed E-state index contributed by atoms with van der Waals surface area (Å²) in [7, 11) is 6.14. The van der Waals surface area contributed by atoms with Crippen LogP contribution >= 0.6 is 11.6 Å². The zero-order valence-corrected chi connectivity index (χ0v) is 9.60. The number of carbonyl (C=O) groups is 1. The number of nitrogens with zero attached hydrogens (tertiary/aromatic N) is 1. The van der Waals surface area contributed by atoms with E-state index in [1.165, 1.54) is 0 Å². The molecule has 0 heterocycles. The number of quaternary nitrogens is 1. The van der Waals surface area contributed by atoms with Crippen molar-refractivity contribution in [2.24, 2.45) is 0 Å². The van der Waals surface area contributed by atoms with E-state index in [1.54, 1.807) is 0 Å². The molecule has 0 saturated heterocycles. The van der Waals surface area contributed by atoms with E-state index in [4.69, 9.17) is 16.3 Å². The van der Waals surface area contributed by atoms with Gasteiger partial charge in [-0.2, -0.15) is 0 Å². The summed E-state index contributed by atoms with van der Waals surface area (Å²) in [6, 6.07) is 0. The molecule has 0 aliphatic carbocycles. The van der Waals surface area contributed by atoms with Crippen molar-refractivity contribution in [3.05, 3.63) is 0 Å². The molecule has 4 heteroatoms. The second-order valence-corrected chi connectivity index (χ2v) is 4.58. The first-order chi connectivity index (χ1) is 5.87. The molecule has 0 aliphatic rings. The van der Waals surface area contributed by atoms with E-state index < -0.39 is 5.38 Å². The normalized spacial score (nSPS) is 13.9. The molecule has 3 nitrogen and oxygen atoms in total. The minimum Gasteiger partial charge on any atom is -0.459 e. The largest absolute Gasteiger partial charge is 0.459 e. The van der Waals surface area contributed by atoms with E-state index in [0.29, 0.717) is 13.0 Å². The Bertz CT molecular complexity index is 165. The van der Waals surface area contributed by atoms with E-state index in [-0.39, 0.29) is 5.97 Å². The van der Waals surface area contributed by atoms with Crippen molar-refractivity contribution in [3.8, 4) is 0 Å². The third-order valence-corrected chi connectivity index (χ3v) is 2.11. The predicted octanol–water partition coefficient (Wildman–Crippen LogP) is 1.25. The molecule has 0 amide bonds. The van der Waals surface area contributed by atoms with Crippen LogP contribution < -0.4 is 0 Å². The van der Waals surface area contributed by atoms with Gasteiger partial charge in [0.05, 0.1) is 21.1 Å². The number of halogens is 1. The van der Waals surface area contributed by atoms with Crippen molar-refractivity contribution in [2.75, 3.05) is 34.3 Å². The van der Waals surface area contributed by atoms with Crippen molar-refractivity contribution in [2.45, 2.75) is 18.7 Å². The lowest BCUT2D eigenvalue weighted by Crippen LogP contribution is -2.38. The van der Waals surface area contributed by atoms with E-state index >= 15 is 0 Å². The van der Waals surface area contributed by atoms with Crippen LogP contribution in [-0.4, -0.2) is 50.1 Å². The van der Waals surface area contributed by atoms with Gasteiger partial charge < -0.3 is 9.22 Å². The van der Waals surface area contributed by atoms with Crippen molar-refractivity contribution in [1.82, 2.24) is 0 Å². The van der Waals surface area contributed by atoms with Gasteiger partial charge >= 0.3 is 5.97 Å². The van der Waals surface area contributed by atoms with Crippen molar-refractivity contribution in [1.29, 1.82) is 0 Å². The Morgan fingerprint density at radius 3 is 2.38 bits per heavy atom. The third-order valence-electron chi connectivity index (χ3n) is 1.62. The number of rotatable bonds is 5. The van der Waals surface area contributed by atoms with Crippen LogP contribution in [0.3, 0.4) is 0 Å². The lowest BCUT2D eigenvalue weighted by atomic mass is 10.3. The van der Waals surface area contributed by atoms with E-state index in [0.717, 1.165) is 11.0 Å². The summed E-state index contributed by atoms with van der Waals surface area (Å²) < 4.78 is 5.77. The number of hydrogen-bond donors (Lipinski definition) is 0. The molecule has 0 saturated carbocycles. The zero-order chi connectivity index (χ0) is 10.5. The summed E-state index contributed by atoms with van der Waals surface area (Å²) in [6.07, 6.45) is 0.616. The summed E-state index contributed by atoms with van der Waals surface area (Å²) in [5.41, 5.74) is 0. The van der Waals surface area contributed by atoms with E-state index in [9.17, 15) is 4.79 Å². The molecule has 0 aromatic heterocycles. The average Bonchev–Trinajstić information content (AvgIpc) is 2.00. The molecule has 0 N–H and O–H groups in total. The van der Waals surface area contributed by atoms with Crippen LogP contribution in [0.1, 0.15) is 13.3 Å². The van der Waals surface area contributed by atoms with Gasteiger partial charge in [-0.15, -0.1) is 11.6 Å². The maximum Gasteiger partial charge on any atom is 0.324 e. The van der Waals surface area contributed by atoms with E-state index in [2.05, 4.69) is 0 Å². The summed E-state index contributed by atoms with van der Waals surface area (Å²) in [5.74, 6) is -0.308. The topological polar surface area (TPSA) is 26.3 Å². The molecule has 1 unspecified atom stereocenters. The second kappa shape index (κ2) is 5.45. The maximum atomic E-state index is 11.1. The first kappa shape index (κ1) is 12.7. The van der Waals surface area contributed by atoms with Gasteiger partial charge in [0, 0.05) is 0 Å². The van der Waals surface area contributed by atoms with Crippen LogP contribution in [0.15, 0.2) is 0 Å². The molecular weight excluding hydrogens is 190 g/mol. The van der Waals surface area contributed by atoms with Crippen molar-refractivity contribution >= 4 is 17.6 Å². The smallest absolute Gasteiger partial charge is 0.324 e. The van der Waals surface area contributed by atoms with Gasteiger partial charge in [0.2, 0.25) is 0 Å².